The van der Waals surface area contributed by atoms with Crippen molar-refractivity contribution in [2.75, 3.05) is 6.61 Å². The summed E-state index contributed by atoms with van der Waals surface area (Å²) in [7, 11) is 0. The van der Waals surface area contributed by atoms with Gasteiger partial charge in [-0.3, -0.25) is 25.0 Å². The number of nitrogens with zero attached hydrogens (tertiary/aromatic N) is 2. The Hall–Kier alpha value is -3.10. The van der Waals surface area contributed by atoms with E-state index in [2.05, 4.69) is 0 Å². The molecular formula is C14H12N2O7. The molecular weight excluding hydrogens is 308 g/mol. The minimum atomic E-state index is -0.904. The first kappa shape index (κ1) is 16.3. The lowest BCUT2D eigenvalue weighted by atomic mass is 9.94. The van der Waals surface area contributed by atoms with Gasteiger partial charge in [0.15, 0.2) is 5.78 Å². The summed E-state index contributed by atoms with van der Waals surface area (Å²) in [6, 6.07) is 2.60. The fourth-order valence-corrected chi connectivity index (χ4v) is 2.16. The maximum Gasteiger partial charge on any atom is 0.338 e. The number of rotatable bonds is 5. The predicted octanol–water partition coefficient (Wildman–Crippen LogP) is 2.20. The number of carbonyl (C=O) groups excluding carboxylic acids is 2. The molecule has 0 aliphatic heterocycles. The van der Waals surface area contributed by atoms with Crippen LogP contribution in [0.5, 0.6) is 0 Å². The number of hydrogen-bond donors (Lipinski definition) is 0. The fraction of sp³-hybridized carbons (Fsp3) is 0.286. The summed E-state index contributed by atoms with van der Waals surface area (Å²) in [5, 5.41) is 21.6. The van der Waals surface area contributed by atoms with Crippen molar-refractivity contribution in [1.82, 2.24) is 0 Å². The molecule has 1 atom stereocenters. The summed E-state index contributed by atoms with van der Waals surface area (Å²) < 4.78 is 5.02. The summed E-state index contributed by atoms with van der Waals surface area (Å²) in [5.74, 6) is -1.13. The smallest absolute Gasteiger partial charge is 0.338 e. The molecule has 0 aromatic heterocycles. The number of carbonyl (C=O) groups is 2. The van der Waals surface area contributed by atoms with Gasteiger partial charge in [-0.15, -0.1) is 0 Å². The summed E-state index contributed by atoms with van der Waals surface area (Å²) in [5.41, 5.74) is -1.41. The number of allylic oxidation sites excluding steroid dienone is 2. The van der Waals surface area contributed by atoms with E-state index in [9.17, 15) is 29.8 Å². The van der Waals surface area contributed by atoms with Crippen molar-refractivity contribution in [3.63, 3.8) is 0 Å². The Bertz CT molecular complexity index is 679. The molecule has 0 N–H and O–H groups in total. The zero-order valence-electron chi connectivity index (χ0n) is 11.8. The van der Waals surface area contributed by atoms with E-state index in [1.165, 1.54) is 6.08 Å². The van der Waals surface area contributed by atoms with Gasteiger partial charge < -0.3 is 4.74 Å². The zero-order chi connectivity index (χ0) is 17.0. The molecule has 1 aromatic carbocycles. The molecule has 9 nitrogen and oxygen atoms in total. The van der Waals surface area contributed by atoms with Crippen molar-refractivity contribution >= 4 is 23.1 Å². The van der Waals surface area contributed by atoms with Crippen molar-refractivity contribution in [3.05, 3.63) is 56.1 Å². The van der Waals surface area contributed by atoms with E-state index in [4.69, 9.17) is 4.74 Å². The van der Waals surface area contributed by atoms with E-state index < -0.39 is 27.2 Å². The van der Waals surface area contributed by atoms with Crippen LogP contribution in [0.25, 0.3) is 0 Å². The Morgan fingerprint density at radius 1 is 1.17 bits per heavy atom. The molecule has 0 fully saturated rings. The molecule has 0 saturated carbocycles. The Morgan fingerprint density at radius 2 is 1.78 bits per heavy atom. The van der Waals surface area contributed by atoms with Crippen molar-refractivity contribution in [1.29, 1.82) is 0 Å². The molecule has 120 valence electrons. The van der Waals surface area contributed by atoms with E-state index in [-0.39, 0.29) is 30.3 Å². The lowest BCUT2D eigenvalue weighted by Gasteiger charge is -2.16. The Labute approximate surface area is 129 Å². The highest BCUT2D eigenvalue weighted by atomic mass is 16.6. The predicted molar refractivity (Wildman–Crippen MR) is 76.9 cm³/mol. The monoisotopic (exact) mass is 320 g/mol. The van der Waals surface area contributed by atoms with Crippen molar-refractivity contribution in [2.24, 2.45) is 5.92 Å². The third-order valence-corrected chi connectivity index (χ3v) is 3.27. The van der Waals surface area contributed by atoms with Gasteiger partial charge in [0.25, 0.3) is 11.4 Å². The highest BCUT2D eigenvalue weighted by Gasteiger charge is 2.22. The third kappa shape index (κ3) is 4.19. The van der Waals surface area contributed by atoms with Crippen LogP contribution >= 0.6 is 0 Å². The van der Waals surface area contributed by atoms with Crippen LogP contribution in [-0.2, 0) is 9.53 Å². The number of benzene rings is 1. The van der Waals surface area contributed by atoms with Crippen LogP contribution < -0.4 is 0 Å². The largest absolute Gasteiger partial charge is 0.462 e. The quantitative estimate of drug-likeness (QED) is 0.461. The SMILES string of the molecule is O=C1C=CC[C@@H](COC(=O)c2cc([N+](=O)[O-])cc([N+](=O)[O-])c2)C1. The molecule has 2 rings (SSSR count). The minimum Gasteiger partial charge on any atom is -0.462 e. The van der Waals surface area contributed by atoms with Gasteiger partial charge in [-0.25, -0.2) is 4.79 Å². The van der Waals surface area contributed by atoms with E-state index in [0.29, 0.717) is 6.42 Å². The van der Waals surface area contributed by atoms with Gasteiger partial charge in [-0.1, -0.05) is 6.08 Å². The number of nitro groups is 2. The van der Waals surface area contributed by atoms with Crippen molar-refractivity contribution < 1.29 is 24.2 Å². The molecule has 9 heteroatoms. The van der Waals surface area contributed by atoms with Gasteiger partial charge in [0.1, 0.15) is 0 Å². The second kappa shape index (κ2) is 6.77. The molecule has 0 radical (unpaired) electrons. The second-order valence-corrected chi connectivity index (χ2v) is 5.03. The number of non-ortho nitro benzene ring substituents is 2. The first-order chi connectivity index (χ1) is 10.9. The van der Waals surface area contributed by atoms with Crippen LogP contribution in [0.4, 0.5) is 11.4 Å². The average Bonchev–Trinajstić information content (AvgIpc) is 2.52. The summed E-state index contributed by atoms with van der Waals surface area (Å²) in [4.78, 5) is 43.1. The number of hydrogen-bond acceptors (Lipinski definition) is 7. The minimum absolute atomic E-state index is 0.0363. The highest BCUT2D eigenvalue weighted by molar-refractivity contribution is 5.92. The molecule has 0 unspecified atom stereocenters. The molecule has 0 bridgehead atoms. The van der Waals surface area contributed by atoms with Gasteiger partial charge in [-0.2, -0.15) is 0 Å². The highest BCUT2D eigenvalue weighted by Crippen LogP contribution is 2.24. The first-order valence-corrected chi connectivity index (χ1v) is 6.67. The molecule has 1 aliphatic carbocycles. The van der Waals surface area contributed by atoms with Crippen molar-refractivity contribution in [3.8, 4) is 0 Å². The van der Waals surface area contributed by atoms with Crippen LogP contribution in [0.2, 0.25) is 0 Å². The topological polar surface area (TPSA) is 130 Å². The molecule has 23 heavy (non-hydrogen) atoms. The van der Waals surface area contributed by atoms with Crippen LogP contribution in [0, 0.1) is 26.1 Å². The standard InChI is InChI=1S/C14H12N2O7/c17-13-3-1-2-9(4-13)8-23-14(18)10-5-11(15(19)20)7-12(6-10)16(21)22/h1,3,5-7,9H,2,4,8H2/t9-/m1/s1. The molecule has 0 saturated heterocycles. The number of nitro benzene ring substituents is 2. The van der Waals surface area contributed by atoms with Crippen LogP contribution in [-0.4, -0.2) is 28.2 Å². The molecule has 1 aromatic rings. The fourth-order valence-electron chi connectivity index (χ4n) is 2.16. The van der Waals surface area contributed by atoms with E-state index >= 15 is 0 Å². The van der Waals surface area contributed by atoms with Gasteiger partial charge >= 0.3 is 5.97 Å². The summed E-state index contributed by atoms with van der Waals surface area (Å²) in [6.07, 6.45) is 3.97. The first-order valence-electron chi connectivity index (χ1n) is 6.67. The maximum absolute atomic E-state index is 11.9. The Morgan fingerprint density at radius 3 is 2.30 bits per heavy atom. The van der Waals surface area contributed by atoms with E-state index in [0.717, 1.165) is 18.2 Å². The Balaban J connectivity index is 2.12. The van der Waals surface area contributed by atoms with E-state index in [1.54, 1.807) is 6.08 Å². The van der Waals surface area contributed by atoms with Gasteiger partial charge in [0.2, 0.25) is 0 Å². The maximum atomic E-state index is 11.9. The molecule has 0 spiro atoms. The zero-order valence-corrected chi connectivity index (χ0v) is 11.8. The average molecular weight is 320 g/mol. The van der Waals surface area contributed by atoms with E-state index in [1.807, 2.05) is 0 Å². The molecule has 0 amide bonds. The number of ether oxygens (including phenoxy) is 1. The summed E-state index contributed by atoms with van der Waals surface area (Å²) >= 11 is 0. The van der Waals surface area contributed by atoms with Crippen LogP contribution in [0.1, 0.15) is 23.2 Å². The molecule has 1 aliphatic rings. The van der Waals surface area contributed by atoms with Crippen LogP contribution in [0.15, 0.2) is 30.4 Å². The van der Waals surface area contributed by atoms with Gasteiger partial charge in [0, 0.05) is 24.5 Å². The van der Waals surface area contributed by atoms with Crippen molar-refractivity contribution in [2.45, 2.75) is 12.8 Å². The summed E-state index contributed by atoms with van der Waals surface area (Å²) in [6.45, 7) is -0.0363. The lowest BCUT2D eigenvalue weighted by Crippen LogP contribution is -2.19. The third-order valence-electron chi connectivity index (χ3n) is 3.27. The lowest BCUT2D eigenvalue weighted by molar-refractivity contribution is -0.394. The molecule has 0 heterocycles. The van der Waals surface area contributed by atoms with Crippen LogP contribution in [0.3, 0.4) is 0 Å². The number of esters is 1. The second-order valence-electron chi connectivity index (χ2n) is 5.03. The van der Waals surface area contributed by atoms with Gasteiger partial charge in [0.05, 0.1) is 28.1 Å². The Kier molecular flexibility index (Phi) is 4.79. The normalized spacial score (nSPS) is 16.9. The van der Waals surface area contributed by atoms with Gasteiger partial charge in [-0.05, 0) is 12.5 Å². The number of ketones is 1.